The maximum Gasteiger partial charge on any atom is 2.00 e. The molecule has 0 nitrogen and oxygen atoms in total. The predicted octanol–water partition coefficient (Wildman–Crippen LogP) is 12.7. The van der Waals surface area contributed by atoms with Gasteiger partial charge in [0.1, 0.15) is 0 Å². The van der Waals surface area contributed by atoms with Crippen LogP contribution in [-0.4, -0.2) is 0 Å². The molecular weight excluding hydrogens is 877 g/mol. The first kappa shape index (κ1) is 53.1. The van der Waals surface area contributed by atoms with Crippen LogP contribution >= 0.6 is 0 Å². The van der Waals surface area contributed by atoms with Crippen LogP contribution in [-0.2, 0) is 74.8 Å². The zero-order valence-corrected chi connectivity index (χ0v) is 36.0. The fourth-order valence-corrected chi connectivity index (χ4v) is 4.35. The van der Waals surface area contributed by atoms with Crippen LogP contribution in [0.1, 0.15) is 168 Å². The van der Waals surface area contributed by atoms with Gasteiger partial charge in [0.05, 0.1) is 0 Å². The molecule has 0 atom stereocenters. The molecule has 3 aliphatic carbocycles. The fourth-order valence-electron chi connectivity index (χ4n) is 4.35. The van der Waals surface area contributed by atoms with E-state index in [0.29, 0.717) is 10.8 Å². The van der Waals surface area contributed by atoms with E-state index in [2.05, 4.69) is 109 Å². The Morgan fingerprint density at radius 2 is 0.605 bits per heavy atom. The molecule has 3 aliphatic rings. The maximum atomic E-state index is 2.43. The monoisotopic (exact) mass is 947 g/mol. The molecule has 3 heteroatoms. The van der Waals surface area contributed by atoms with Gasteiger partial charge in [0.25, 0.3) is 0 Å². The Morgan fingerprint density at radius 1 is 0.447 bits per heavy atom. The molecule has 38 heavy (non-hydrogen) atoms. The molecule has 0 aromatic rings. The van der Waals surface area contributed by atoms with Gasteiger partial charge in [-0.15, -0.1) is 0 Å². The summed E-state index contributed by atoms with van der Waals surface area (Å²) >= 11 is 0. The Kier molecular flexibility index (Phi) is 45.2. The number of hydrogen-bond donors (Lipinski definition) is 0. The molecule has 0 heterocycles. The van der Waals surface area contributed by atoms with Gasteiger partial charge in [0.15, 0.2) is 0 Å². The van der Waals surface area contributed by atoms with Gasteiger partial charge >= 0.3 is 42.1 Å². The molecule has 0 N–H and O–H groups in total. The van der Waals surface area contributed by atoms with Crippen LogP contribution in [0.15, 0.2) is 0 Å². The summed E-state index contributed by atoms with van der Waals surface area (Å²) in [6.45, 7) is 26.7. The van der Waals surface area contributed by atoms with Crippen LogP contribution in [0.4, 0.5) is 0 Å². The SMILES string of the molecule is C.CC(C)(C)C1CC[CH-]CC1.CC(C)(C)C1CC[CH-]CC1.C[C-](C)C.C[C-](C)C.[CH-]1CC[CH-]CC1.[W+2].[W+2].[Y]. The maximum absolute atomic E-state index is 2.43. The first-order chi connectivity index (χ1) is 15.7. The average molecular weight is 948 g/mol. The van der Waals surface area contributed by atoms with Gasteiger partial charge in [-0.25, -0.2) is 25.7 Å². The zero-order valence-electron chi connectivity index (χ0n) is 27.3. The molecular formula is C35H70W2Y-2. The second kappa shape index (κ2) is 32.4. The van der Waals surface area contributed by atoms with Crippen molar-refractivity contribution in [3.8, 4) is 0 Å². The Labute approximate surface area is 299 Å². The molecule has 0 bridgehead atoms. The molecule has 0 unspecified atom stereocenters. The summed E-state index contributed by atoms with van der Waals surface area (Å²) in [5, 5.41) is 0. The molecule has 0 aromatic heterocycles. The minimum Gasteiger partial charge on any atom is -0.333 e. The fraction of sp³-hybridized carbons (Fsp3) is 0.829. The molecule has 227 valence electrons. The van der Waals surface area contributed by atoms with Crippen molar-refractivity contribution in [2.75, 3.05) is 0 Å². The van der Waals surface area contributed by atoms with Gasteiger partial charge in [-0.1, -0.05) is 74.7 Å². The van der Waals surface area contributed by atoms with Gasteiger partial charge in [-0.2, -0.15) is 67.2 Å². The molecule has 3 saturated carbocycles. The first-order valence-electron chi connectivity index (χ1n) is 14.5. The minimum absolute atomic E-state index is 0. The van der Waals surface area contributed by atoms with Gasteiger partial charge in [0, 0.05) is 32.7 Å². The van der Waals surface area contributed by atoms with Crippen molar-refractivity contribution < 1.29 is 74.8 Å². The van der Waals surface area contributed by atoms with Crippen LogP contribution in [0.5, 0.6) is 0 Å². The van der Waals surface area contributed by atoms with E-state index in [9.17, 15) is 0 Å². The standard InChI is InChI=1S/2C10H19.C6H10.2C4H9.CH4.2W.Y/c2*1-10(2,3)9-7-5-4-6-8-9;1-2-4-6-5-3-1;2*1-4(2)3;;;;/h2*4,9H,5-8H2,1-3H3;1,6H,2-5H2;2*1-3H3;1H4;;;/q2*-1;-2;2*-1;;2*+2;. The molecule has 3 rings (SSSR count). The van der Waals surface area contributed by atoms with E-state index >= 15 is 0 Å². The van der Waals surface area contributed by atoms with Gasteiger partial charge < -0.3 is 37.5 Å². The Morgan fingerprint density at radius 3 is 0.711 bits per heavy atom. The van der Waals surface area contributed by atoms with Crippen LogP contribution < -0.4 is 0 Å². The van der Waals surface area contributed by atoms with E-state index in [1.165, 1.54) is 88.9 Å². The van der Waals surface area contributed by atoms with E-state index in [1.54, 1.807) is 0 Å². The molecule has 0 saturated heterocycles. The van der Waals surface area contributed by atoms with E-state index in [1.807, 2.05) is 0 Å². The number of rotatable bonds is 0. The third-order valence-corrected chi connectivity index (χ3v) is 6.48. The minimum atomic E-state index is 0. The van der Waals surface area contributed by atoms with E-state index in [-0.39, 0.29) is 82.3 Å². The van der Waals surface area contributed by atoms with Crippen LogP contribution in [0, 0.1) is 60.2 Å². The van der Waals surface area contributed by atoms with Gasteiger partial charge in [0.2, 0.25) is 0 Å². The molecule has 1 radical (unpaired) electrons. The predicted molar refractivity (Wildman–Crippen MR) is 166 cm³/mol. The molecule has 0 spiro atoms. The second-order valence-electron chi connectivity index (χ2n) is 13.7. The molecule has 0 aromatic carbocycles. The summed E-state index contributed by atoms with van der Waals surface area (Å²) in [6.07, 6.45) is 25.9. The second-order valence-corrected chi connectivity index (χ2v) is 13.7. The first-order valence-corrected chi connectivity index (χ1v) is 14.5. The third-order valence-electron chi connectivity index (χ3n) is 6.48. The molecule has 0 aliphatic heterocycles. The van der Waals surface area contributed by atoms with Crippen LogP contribution in [0.3, 0.4) is 0 Å². The topological polar surface area (TPSA) is 0 Å². The van der Waals surface area contributed by atoms with Crippen molar-refractivity contribution in [1.29, 1.82) is 0 Å². The van der Waals surface area contributed by atoms with E-state index in [4.69, 9.17) is 0 Å². The zero-order chi connectivity index (χ0) is 26.6. The quantitative estimate of drug-likeness (QED) is 0.212. The summed E-state index contributed by atoms with van der Waals surface area (Å²) in [7, 11) is 0. The Hall–Kier alpha value is 2.48. The van der Waals surface area contributed by atoms with Crippen molar-refractivity contribution in [3.05, 3.63) is 37.5 Å². The largest absolute Gasteiger partial charge is 2.00 e. The smallest absolute Gasteiger partial charge is 0.333 e. The van der Waals surface area contributed by atoms with Gasteiger partial charge in [-0.3, -0.25) is 0 Å². The van der Waals surface area contributed by atoms with Crippen molar-refractivity contribution in [3.63, 3.8) is 0 Å². The van der Waals surface area contributed by atoms with Crippen LogP contribution in [0.25, 0.3) is 0 Å². The third kappa shape index (κ3) is 40.6. The van der Waals surface area contributed by atoms with Crippen LogP contribution in [0.2, 0.25) is 0 Å². The van der Waals surface area contributed by atoms with Gasteiger partial charge in [-0.05, 0) is 22.7 Å². The summed E-state index contributed by atoms with van der Waals surface area (Å²) in [4.78, 5) is 0. The Balaban J connectivity index is -0.0000000863. The summed E-state index contributed by atoms with van der Waals surface area (Å²) in [5.74, 6) is 4.77. The molecule has 0 amide bonds. The van der Waals surface area contributed by atoms with E-state index < -0.39 is 0 Å². The van der Waals surface area contributed by atoms with Crippen molar-refractivity contribution in [2.24, 2.45) is 22.7 Å². The summed E-state index contributed by atoms with van der Waals surface area (Å²) in [5.41, 5.74) is 1.10. The van der Waals surface area contributed by atoms with Crippen molar-refractivity contribution in [2.45, 2.75) is 168 Å². The Bertz CT molecular complexity index is 354. The van der Waals surface area contributed by atoms with E-state index in [0.717, 1.165) is 11.8 Å². The summed E-state index contributed by atoms with van der Waals surface area (Å²) < 4.78 is 0. The average Bonchev–Trinajstić information content (AvgIpc) is 2.75. The normalized spacial score (nSPS) is 17.8. The molecule has 3 fully saturated rings. The summed E-state index contributed by atoms with van der Waals surface area (Å²) in [6, 6.07) is 0. The van der Waals surface area contributed by atoms with Crippen molar-refractivity contribution in [1.82, 2.24) is 0 Å². The number of hydrogen-bond acceptors (Lipinski definition) is 0. The van der Waals surface area contributed by atoms with Crippen molar-refractivity contribution >= 4 is 0 Å².